The Morgan fingerprint density at radius 2 is 2.10 bits per heavy atom. The van der Waals surface area contributed by atoms with E-state index in [2.05, 4.69) is 32.7 Å². The number of hydrogen-bond donors (Lipinski definition) is 2. The van der Waals surface area contributed by atoms with Crippen LogP contribution < -0.4 is 10.6 Å². The Kier molecular flexibility index (Phi) is 4.23. The van der Waals surface area contributed by atoms with E-state index >= 15 is 0 Å². The van der Waals surface area contributed by atoms with Crippen LogP contribution in [0, 0.1) is 5.92 Å². The fourth-order valence-electron chi connectivity index (χ4n) is 2.62. The molecule has 4 heteroatoms. The van der Waals surface area contributed by atoms with Crippen LogP contribution in [0.3, 0.4) is 0 Å². The standard InChI is InChI=1S/C16H20N4/c1-2-10-18-15(7-1)20-16-8-3-6-14(19-16)11-13-5-4-9-17-12-13/h1-3,6-8,10,13,17H,4-5,9,11-12H2,(H,18,19,20). The molecule has 2 aromatic rings. The Morgan fingerprint density at radius 3 is 2.90 bits per heavy atom. The van der Waals surface area contributed by atoms with Crippen molar-refractivity contribution in [1.82, 2.24) is 15.3 Å². The quantitative estimate of drug-likeness (QED) is 0.895. The highest BCUT2D eigenvalue weighted by Gasteiger charge is 2.14. The van der Waals surface area contributed by atoms with E-state index < -0.39 is 0 Å². The van der Waals surface area contributed by atoms with Gasteiger partial charge in [0.25, 0.3) is 0 Å². The second kappa shape index (κ2) is 6.48. The monoisotopic (exact) mass is 268 g/mol. The first-order chi connectivity index (χ1) is 9.90. The highest BCUT2D eigenvalue weighted by molar-refractivity contribution is 5.51. The van der Waals surface area contributed by atoms with Gasteiger partial charge in [-0.15, -0.1) is 0 Å². The van der Waals surface area contributed by atoms with Crippen LogP contribution in [-0.4, -0.2) is 23.1 Å². The van der Waals surface area contributed by atoms with Crippen LogP contribution >= 0.6 is 0 Å². The first-order valence-corrected chi connectivity index (χ1v) is 7.25. The lowest BCUT2D eigenvalue weighted by Gasteiger charge is -2.22. The molecule has 0 amide bonds. The van der Waals surface area contributed by atoms with E-state index in [0.29, 0.717) is 5.92 Å². The van der Waals surface area contributed by atoms with E-state index in [1.807, 2.05) is 24.3 Å². The third-order valence-electron chi connectivity index (χ3n) is 3.62. The van der Waals surface area contributed by atoms with Gasteiger partial charge in [0.2, 0.25) is 0 Å². The zero-order valence-corrected chi connectivity index (χ0v) is 11.5. The maximum atomic E-state index is 4.68. The molecule has 0 aliphatic carbocycles. The summed E-state index contributed by atoms with van der Waals surface area (Å²) >= 11 is 0. The van der Waals surface area contributed by atoms with Crippen molar-refractivity contribution >= 4 is 11.6 Å². The molecule has 0 radical (unpaired) electrons. The smallest absolute Gasteiger partial charge is 0.131 e. The van der Waals surface area contributed by atoms with Crippen molar-refractivity contribution in [2.24, 2.45) is 5.92 Å². The molecule has 0 bridgehead atoms. The number of nitrogens with one attached hydrogen (secondary N) is 2. The van der Waals surface area contributed by atoms with Gasteiger partial charge in [0, 0.05) is 11.9 Å². The van der Waals surface area contributed by atoms with E-state index in [0.717, 1.165) is 36.8 Å². The normalized spacial score (nSPS) is 18.7. The molecule has 1 saturated heterocycles. The largest absolute Gasteiger partial charge is 0.325 e. The molecule has 4 nitrogen and oxygen atoms in total. The summed E-state index contributed by atoms with van der Waals surface area (Å²) in [6.07, 6.45) is 5.40. The summed E-state index contributed by atoms with van der Waals surface area (Å²) in [6, 6.07) is 12.0. The van der Waals surface area contributed by atoms with Crippen LogP contribution in [-0.2, 0) is 6.42 Å². The SMILES string of the molecule is c1ccc(Nc2cccc(CC3CCCNC3)n2)nc1. The average molecular weight is 268 g/mol. The van der Waals surface area contributed by atoms with Gasteiger partial charge in [-0.25, -0.2) is 9.97 Å². The molecule has 1 atom stereocenters. The third kappa shape index (κ3) is 3.54. The van der Waals surface area contributed by atoms with Crippen molar-refractivity contribution in [1.29, 1.82) is 0 Å². The van der Waals surface area contributed by atoms with Gasteiger partial charge in [0.05, 0.1) is 0 Å². The van der Waals surface area contributed by atoms with Gasteiger partial charge in [0.1, 0.15) is 11.6 Å². The lowest BCUT2D eigenvalue weighted by molar-refractivity contribution is 0.373. The molecule has 1 aliphatic heterocycles. The lowest BCUT2D eigenvalue weighted by Crippen LogP contribution is -2.31. The second-order valence-electron chi connectivity index (χ2n) is 5.27. The number of pyridine rings is 2. The molecule has 2 N–H and O–H groups in total. The number of piperidine rings is 1. The molecule has 3 heterocycles. The number of rotatable bonds is 4. The van der Waals surface area contributed by atoms with Crippen molar-refractivity contribution in [3.8, 4) is 0 Å². The molecule has 20 heavy (non-hydrogen) atoms. The summed E-state index contributed by atoms with van der Waals surface area (Å²) in [5.41, 5.74) is 1.15. The minimum atomic E-state index is 0.710. The Labute approximate surface area is 119 Å². The summed E-state index contributed by atoms with van der Waals surface area (Å²) in [7, 11) is 0. The van der Waals surface area contributed by atoms with Crippen molar-refractivity contribution in [3.05, 3.63) is 48.3 Å². The Hall–Kier alpha value is -1.94. The van der Waals surface area contributed by atoms with Crippen molar-refractivity contribution < 1.29 is 0 Å². The van der Waals surface area contributed by atoms with Gasteiger partial charge >= 0.3 is 0 Å². The molecule has 3 rings (SSSR count). The van der Waals surface area contributed by atoms with E-state index in [9.17, 15) is 0 Å². The molecule has 0 saturated carbocycles. The molecule has 0 aromatic carbocycles. The van der Waals surface area contributed by atoms with E-state index in [-0.39, 0.29) is 0 Å². The number of aromatic nitrogens is 2. The lowest BCUT2D eigenvalue weighted by atomic mass is 9.94. The van der Waals surface area contributed by atoms with Crippen LogP contribution in [0.5, 0.6) is 0 Å². The number of hydrogen-bond acceptors (Lipinski definition) is 4. The van der Waals surface area contributed by atoms with E-state index in [4.69, 9.17) is 0 Å². The van der Waals surface area contributed by atoms with Crippen molar-refractivity contribution in [2.45, 2.75) is 19.3 Å². The van der Waals surface area contributed by atoms with E-state index in [1.165, 1.54) is 12.8 Å². The van der Waals surface area contributed by atoms with Gasteiger partial charge in [-0.2, -0.15) is 0 Å². The molecule has 1 unspecified atom stereocenters. The molecule has 1 fully saturated rings. The number of anilines is 2. The molecule has 1 aliphatic rings. The first-order valence-electron chi connectivity index (χ1n) is 7.25. The van der Waals surface area contributed by atoms with Crippen LogP contribution in [0.25, 0.3) is 0 Å². The zero-order chi connectivity index (χ0) is 13.6. The Bertz CT molecular complexity index is 535. The highest BCUT2D eigenvalue weighted by Crippen LogP contribution is 2.17. The molecule has 104 valence electrons. The van der Waals surface area contributed by atoms with E-state index in [1.54, 1.807) is 6.20 Å². The molecular weight excluding hydrogens is 248 g/mol. The fraction of sp³-hybridized carbons (Fsp3) is 0.375. The van der Waals surface area contributed by atoms with Gasteiger partial charge in [-0.1, -0.05) is 12.1 Å². The summed E-state index contributed by atoms with van der Waals surface area (Å²) in [5.74, 6) is 2.41. The Balaban J connectivity index is 1.66. The second-order valence-corrected chi connectivity index (χ2v) is 5.27. The molecule has 2 aromatic heterocycles. The van der Waals surface area contributed by atoms with Gasteiger partial charge in [0.15, 0.2) is 0 Å². The third-order valence-corrected chi connectivity index (χ3v) is 3.62. The van der Waals surface area contributed by atoms with Gasteiger partial charge < -0.3 is 10.6 Å². The Morgan fingerprint density at radius 1 is 1.15 bits per heavy atom. The topological polar surface area (TPSA) is 49.8 Å². The molecule has 0 spiro atoms. The van der Waals surface area contributed by atoms with Gasteiger partial charge in [-0.3, -0.25) is 0 Å². The highest BCUT2D eigenvalue weighted by atomic mass is 15.1. The average Bonchev–Trinajstić information content (AvgIpc) is 2.50. The van der Waals surface area contributed by atoms with Crippen LogP contribution in [0.15, 0.2) is 42.6 Å². The summed E-state index contributed by atoms with van der Waals surface area (Å²) in [5, 5.41) is 6.70. The van der Waals surface area contributed by atoms with Crippen molar-refractivity contribution in [2.75, 3.05) is 18.4 Å². The zero-order valence-electron chi connectivity index (χ0n) is 11.5. The minimum Gasteiger partial charge on any atom is -0.325 e. The predicted molar refractivity (Wildman–Crippen MR) is 81.1 cm³/mol. The van der Waals surface area contributed by atoms with Crippen LogP contribution in [0.4, 0.5) is 11.6 Å². The maximum absolute atomic E-state index is 4.68. The minimum absolute atomic E-state index is 0.710. The predicted octanol–water partition coefficient (Wildman–Crippen LogP) is 2.76. The number of nitrogens with zero attached hydrogens (tertiary/aromatic N) is 2. The summed E-state index contributed by atoms with van der Waals surface area (Å²) < 4.78 is 0. The van der Waals surface area contributed by atoms with Crippen LogP contribution in [0.2, 0.25) is 0 Å². The first kappa shape index (κ1) is 13.1. The van der Waals surface area contributed by atoms with Crippen molar-refractivity contribution in [3.63, 3.8) is 0 Å². The fourth-order valence-corrected chi connectivity index (χ4v) is 2.62. The van der Waals surface area contributed by atoms with Gasteiger partial charge in [-0.05, 0) is 62.5 Å². The summed E-state index contributed by atoms with van der Waals surface area (Å²) in [6.45, 7) is 2.27. The maximum Gasteiger partial charge on any atom is 0.131 e. The van der Waals surface area contributed by atoms with Crippen LogP contribution in [0.1, 0.15) is 18.5 Å². The summed E-state index contributed by atoms with van der Waals surface area (Å²) in [4.78, 5) is 8.94. The molecular formula is C16H20N4.